The first-order valence-corrected chi connectivity index (χ1v) is 8.43. The fourth-order valence-corrected chi connectivity index (χ4v) is 2.67. The number of carboxylic acids is 1. The second-order valence-corrected chi connectivity index (χ2v) is 5.96. The van der Waals surface area contributed by atoms with E-state index < -0.39 is 18.2 Å². The molecular formula is C19H20ClNO6. The van der Waals surface area contributed by atoms with Crippen molar-refractivity contribution in [1.29, 1.82) is 0 Å². The molecule has 7 nitrogen and oxygen atoms in total. The molecule has 0 spiro atoms. The van der Waals surface area contributed by atoms with Crippen LogP contribution in [0.5, 0.6) is 5.75 Å². The molecule has 27 heavy (non-hydrogen) atoms. The third-order valence-corrected chi connectivity index (χ3v) is 3.94. The van der Waals surface area contributed by atoms with Crippen LogP contribution in [0, 0.1) is 0 Å². The number of methoxy groups -OCH3 is 2. The van der Waals surface area contributed by atoms with Gasteiger partial charge < -0.3 is 24.6 Å². The van der Waals surface area contributed by atoms with Crippen LogP contribution in [0.2, 0.25) is 5.02 Å². The number of alkyl carbamates (subject to hydrolysis) is 1. The van der Waals surface area contributed by atoms with Crippen LogP contribution < -0.4 is 10.1 Å². The smallest absolute Gasteiger partial charge is 0.406 e. The van der Waals surface area contributed by atoms with Crippen molar-refractivity contribution in [3.63, 3.8) is 0 Å². The third kappa shape index (κ3) is 5.87. The fourth-order valence-electron chi connectivity index (χ4n) is 2.47. The summed E-state index contributed by atoms with van der Waals surface area (Å²) in [4.78, 5) is 22.6. The van der Waals surface area contributed by atoms with Crippen LogP contribution in [0.3, 0.4) is 0 Å². The molecule has 2 rings (SSSR count). The summed E-state index contributed by atoms with van der Waals surface area (Å²) in [5.74, 6) is -0.680. The zero-order valence-electron chi connectivity index (χ0n) is 14.9. The highest BCUT2D eigenvalue weighted by Crippen LogP contribution is 2.31. The number of nitrogens with one attached hydrogen (secondary N) is 1. The molecule has 0 aliphatic heterocycles. The Kier molecular flexibility index (Phi) is 7.45. The molecule has 1 unspecified atom stereocenters. The summed E-state index contributed by atoms with van der Waals surface area (Å²) < 4.78 is 15.6. The summed E-state index contributed by atoms with van der Waals surface area (Å²) in [6, 6.07) is 11.7. The van der Waals surface area contributed by atoms with E-state index in [0.717, 1.165) is 5.56 Å². The van der Waals surface area contributed by atoms with Crippen molar-refractivity contribution in [2.24, 2.45) is 0 Å². The number of hydrogen-bond acceptors (Lipinski definition) is 5. The molecule has 0 bridgehead atoms. The van der Waals surface area contributed by atoms with E-state index in [1.807, 2.05) is 6.07 Å². The number of halogens is 1. The maximum atomic E-state index is 11.4. The molecule has 0 saturated carbocycles. The number of amides is 1. The normalized spacial score (nSPS) is 11.5. The molecule has 144 valence electrons. The number of carbonyl (C=O) groups is 2. The average Bonchev–Trinajstić information content (AvgIpc) is 2.67. The quantitative estimate of drug-likeness (QED) is 0.666. The molecule has 0 aliphatic carbocycles. The second kappa shape index (κ2) is 9.80. The predicted molar refractivity (Wildman–Crippen MR) is 99.6 cm³/mol. The van der Waals surface area contributed by atoms with Gasteiger partial charge in [0, 0.05) is 11.6 Å². The van der Waals surface area contributed by atoms with Crippen LogP contribution in [-0.4, -0.2) is 44.5 Å². The number of aromatic carboxylic acids is 1. The molecule has 0 radical (unpaired) electrons. The van der Waals surface area contributed by atoms with Gasteiger partial charge in [0.15, 0.2) is 0 Å². The van der Waals surface area contributed by atoms with E-state index in [4.69, 9.17) is 21.1 Å². The predicted octanol–water partition coefficient (Wildman–Crippen LogP) is 3.51. The van der Waals surface area contributed by atoms with E-state index >= 15 is 0 Å². The molecule has 8 heteroatoms. The Bertz CT molecular complexity index is 811. The standard InChI is InChI=1S/C19H20ClNO6/c1-25-16-10-13(8-14(11-16)18(22)23)17(12-4-3-5-15(20)9-12)27-7-6-21-19(24)26-2/h3-5,8-11,17H,6-7H2,1-2H3,(H,21,24)(H,22,23). The minimum atomic E-state index is -1.08. The molecular weight excluding hydrogens is 374 g/mol. The zero-order valence-corrected chi connectivity index (χ0v) is 15.7. The molecule has 1 atom stereocenters. The number of hydrogen-bond donors (Lipinski definition) is 2. The average molecular weight is 394 g/mol. The Labute approximate surface area is 161 Å². The van der Waals surface area contributed by atoms with E-state index in [1.54, 1.807) is 24.3 Å². The van der Waals surface area contributed by atoms with E-state index in [-0.39, 0.29) is 18.7 Å². The van der Waals surface area contributed by atoms with Gasteiger partial charge in [-0.3, -0.25) is 0 Å². The van der Waals surface area contributed by atoms with E-state index in [1.165, 1.54) is 26.4 Å². The minimum Gasteiger partial charge on any atom is -0.497 e. The summed E-state index contributed by atoms with van der Waals surface area (Å²) in [5, 5.41) is 12.4. The second-order valence-electron chi connectivity index (χ2n) is 5.52. The first-order chi connectivity index (χ1) is 12.9. The largest absolute Gasteiger partial charge is 0.497 e. The molecule has 0 aromatic heterocycles. The molecule has 0 fully saturated rings. The van der Waals surface area contributed by atoms with Crippen molar-refractivity contribution >= 4 is 23.7 Å². The van der Waals surface area contributed by atoms with Crippen molar-refractivity contribution in [3.8, 4) is 5.75 Å². The summed E-state index contributed by atoms with van der Waals surface area (Å²) in [5.41, 5.74) is 1.41. The van der Waals surface area contributed by atoms with Gasteiger partial charge >= 0.3 is 12.1 Å². The summed E-state index contributed by atoms with van der Waals surface area (Å²) in [6.45, 7) is 0.394. The summed E-state index contributed by atoms with van der Waals surface area (Å²) in [7, 11) is 2.73. The maximum absolute atomic E-state index is 11.4. The fraction of sp³-hybridized carbons (Fsp3) is 0.263. The minimum absolute atomic E-state index is 0.0765. The summed E-state index contributed by atoms with van der Waals surface area (Å²) in [6.07, 6.45) is -1.16. The van der Waals surface area contributed by atoms with Gasteiger partial charge in [0.25, 0.3) is 0 Å². The number of benzene rings is 2. The van der Waals surface area contributed by atoms with Gasteiger partial charge in [-0.05, 0) is 41.5 Å². The Morgan fingerprint density at radius 2 is 1.93 bits per heavy atom. The number of ether oxygens (including phenoxy) is 3. The van der Waals surface area contributed by atoms with Crippen LogP contribution in [-0.2, 0) is 9.47 Å². The third-order valence-electron chi connectivity index (χ3n) is 3.71. The van der Waals surface area contributed by atoms with Crippen molar-refractivity contribution in [2.45, 2.75) is 6.10 Å². The van der Waals surface area contributed by atoms with Gasteiger partial charge in [0.1, 0.15) is 11.9 Å². The van der Waals surface area contributed by atoms with Crippen LogP contribution in [0.25, 0.3) is 0 Å². The lowest BCUT2D eigenvalue weighted by Crippen LogP contribution is -2.27. The van der Waals surface area contributed by atoms with Gasteiger partial charge in [0.2, 0.25) is 0 Å². The maximum Gasteiger partial charge on any atom is 0.406 e. The molecule has 2 N–H and O–H groups in total. The number of rotatable bonds is 8. The van der Waals surface area contributed by atoms with E-state index in [0.29, 0.717) is 16.3 Å². The van der Waals surface area contributed by atoms with E-state index in [9.17, 15) is 14.7 Å². The summed E-state index contributed by atoms with van der Waals surface area (Å²) >= 11 is 6.09. The molecule has 2 aromatic carbocycles. The van der Waals surface area contributed by atoms with Crippen molar-refractivity contribution < 1.29 is 28.9 Å². The SMILES string of the molecule is COC(=O)NCCOC(c1cccc(Cl)c1)c1cc(OC)cc(C(=O)O)c1. The molecule has 0 aliphatic rings. The van der Waals surface area contributed by atoms with Gasteiger partial charge in [-0.1, -0.05) is 23.7 Å². The number of carboxylic acid groups (broad SMARTS) is 1. The topological polar surface area (TPSA) is 94.1 Å². The van der Waals surface area contributed by atoms with Gasteiger partial charge in [-0.15, -0.1) is 0 Å². The first kappa shape index (κ1) is 20.5. The lowest BCUT2D eigenvalue weighted by Gasteiger charge is -2.20. The van der Waals surface area contributed by atoms with Gasteiger partial charge in [0.05, 0.1) is 26.4 Å². The van der Waals surface area contributed by atoms with Gasteiger partial charge in [-0.25, -0.2) is 9.59 Å². The Hall–Kier alpha value is -2.77. The Morgan fingerprint density at radius 1 is 1.15 bits per heavy atom. The van der Waals surface area contributed by atoms with Gasteiger partial charge in [-0.2, -0.15) is 0 Å². The van der Waals surface area contributed by atoms with E-state index in [2.05, 4.69) is 10.1 Å². The van der Waals surface area contributed by atoms with Crippen LogP contribution in [0.15, 0.2) is 42.5 Å². The highest BCUT2D eigenvalue weighted by Gasteiger charge is 2.19. The lowest BCUT2D eigenvalue weighted by atomic mass is 9.99. The molecule has 1 amide bonds. The van der Waals surface area contributed by atoms with Crippen molar-refractivity contribution in [2.75, 3.05) is 27.4 Å². The highest BCUT2D eigenvalue weighted by molar-refractivity contribution is 6.30. The Balaban J connectivity index is 2.33. The monoisotopic (exact) mass is 393 g/mol. The molecule has 2 aromatic rings. The van der Waals surface area contributed by atoms with Crippen LogP contribution in [0.4, 0.5) is 4.79 Å². The van der Waals surface area contributed by atoms with Crippen LogP contribution in [0.1, 0.15) is 27.6 Å². The number of carbonyl (C=O) groups excluding carboxylic acids is 1. The van der Waals surface area contributed by atoms with Crippen LogP contribution >= 0.6 is 11.6 Å². The zero-order chi connectivity index (χ0) is 19.8. The highest BCUT2D eigenvalue weighted by atomic mass is 35.5. The lowest BCUT2D eigenvalue weighted by molar-refractivity contribution is 0.0692. The Morgan fingerprint density at radius 3 is 2.56 bits per heavy atom. The van der Waals surface area contributed by atoms with Crippen molar-refractivity contribution in [3.05, 3.63) is 64.2 Å². The van der Waals surface area contributed by atoms with Crippen molar-refractivity contribution in [1.82, 2.24) is 5.32 Å². The molecule has 0 heterocycles. The first-order valence-electron chi connectivity index (χ1n) is 8.05. The molecule has 0 saturated heterocycles.